The molecule has 1 aliphatic heterocycles. The monoisotopic (exact) mass is 385 g/mol. The van der Waals surface area contributed by atoms with Crippen molar-refractivity contribution < 1.29 is 14.4 Å². The molecule has 0 aromatic heterocycles. The van der Waals surface area contributed by atoms with Crippen LogP contribution in [0.3, 0.4) is 0 Å². The molecule has 1 fully saturated rings. The van der Waals surface area contributed by atoms with Crippen LogP contribution in [0.1, 0.15) is 44.7 Å². The van der Waals surface area contributed by atoms with Crippen molar-refractivity contribution in [2.24, 2.45) is 0 Å². The summed E-state index contributed by atoms with van der Waals surface area (Å²) in [5.74, 6) is -0.973. The zero-order valence-corrected chi connectivity index (χ0v) is 15.9. The molecule has 7 heteroatoms. The highest BCUT2D eigenvalue weighted by Crippen LogP contribution is 2.28. The molecule has 0 aliphatic carbocycles. The summed E-state index contributed by atoms with van der Waals surface area (Å²) in [7, 11) is 0. The molecule has 0 atom stereocenters. The number of carbonyl (C=O) groups excluding carboxylic acids is 3. The van der Waals surface area contributed by atoms with Gasteiger partial charge in [0.2, 0.25) is 5.91 Å². The lowest BCUT2D eigenvalue weighted by atomic mass is 10.1. The van der Waals surface area contributed by atoms with Crippen LogP contribution in [0.4, 0.5) is 5.69 Å². The van der Waals surface area contributed by atoms with Gasteiger partial charge in [0.15, 0.2) is 0 Å². The summed E-state index contributed by atoms with van der Waals surface area (Å²) < 4.78 is 0. The molecule has 6 nitrogen and oxygen atoms in total. The third-order valence-electron chi connectivity index (χ3n) is 4.48. The van der Waals surface area contributed by atoms with Gasteiger partial charge in [-0.1, -0.05) is 29.3 Å². The largest absolute Gasteiger partial charge is 0.312 e. The summed E-state index contributed by atoms with van der Waals surface area (Å²) in [6.07, 6.45) is 1.17. The fourth-order valence-electron chi connectivity index (χ4n) is 3.14. The van der Waals surface area contributed by atoms with Gasteiger partial charge in [-0.05, 0) is 50.1 Å². The van der Waals surface area contributed by atoms with E-state index in [9.17, 15) is 14.4 Å². The summed E-state index contributed by atoms with van der Waals surface area (Å²) in [6, 6.07) is 10.1. The lowest BCUT2D eigenvalue weighted by Crippen LogP contribution is -2.42. The summed E-state index contributed by atoms with van der Waals surface area (Å²) in [5.41, 5.74) is 7.91. The number of halogens is 1. The first-order valence-corrected chi connectivity index (χ1v) is 9.02. The SMILES string of the molecule is Cc1ccc(C(=O)NNC(=O)c2ccc(Cl)cc2N2CCCC2=O)c(C)c1. The molecule has 2 aromatic carbocycles. The van der Waals surface area contributed by atoms with E-state index in [4.69, 9.17) is 11.6 Å². The Bertz CT molecular complexity index is 927. The summed E-state index contributed by atoms with van der Waals surface area (Å²) >= 11 is 6.05. The Morgan fingerprint density at radius 3 is 2.30 bits per heavy atom. The van der Waals surface area contributed by atoms with Crippen LogP contribution >= 0.6 is 11.6 Å². The molecule has 2 N–H and O–H groups in total. The molecule has 27 heavy (non-hydrogen) atoms. The topological polar surface area (TPSA) is 78.5 Å². The second-order valence-corrected chi connectivity index (χ2v) is 6.97. The van der Waals surface area contributed by atoms with Gasteiger partial charge in [0.25, 0.3) is 11.8 Å². The van der Waals surface area contributed by atoms with E-state index < -0.39 is 11.8 Å². The predicted molar refractivity (Wildman–Crippen MR) is 104 cm³/mol. The van der Waals surface area contributed by atoms with E-state index in [1.54, 1.807) is 29.2 Å². The highest BCUT2D eigenvalue weighted by molar-refractivity contribution is 6.31. The maximum atomic E-state index is 12.6. The van der Waals surface area contributed by atoms with Crippen molar-refractivity contribution in [3.63, 3.8) is 0 Å². The maximum absolute atomic E-state index is 12.6. The van der Waals surface area contributed by atoms with Crippen LogP contribution in [0.2, 0.25) is 5.02 Å². The number of anilines is 1. The van der Waals surface area contributed by atoms with Gasteiger partial charge in [-0.3, -0.25) is 25.2 Å². The molecule has 1 saturated heterocycles. The molecule has 0 spiro atoms. The number of hydrogen-bond acceptors (Lipinski definition) is 3. The van der Waals surface area contributed by atoms with Gasteiger partial charge in [0.1, 0.15) is 0 Å². The average molecular weight is 386 g/mol. The van der Waals surface area contributed by atoms with E-state index in [-0.39, 0.29) is 11.5 Å². The van der Waals surface area contributed by atoms with Gasteiger partial charge in [-0.2, -0.15) is 0 Å². The number of nitrogens with one attached hydrogen (secondary N) is 2. The molecule has 3 amide bonds. The fourth-order valence-corrected chi connectivity index (χ4v) is 3.31. The van der Waals surface area contributed by atoms with Crippen LogP contribution < -0.4 is 15.8 Å². The first-order valence-electron chi connectivity index (χ1n) is 8.64. The summed E-state index contributed by atoms with van der Waals surface area (Å²) in [5, 5.41) is 0.431. The molecule has 0 radical (unpaired) electrons. The van der Waals surface area contributed by atoms with Gasteiger partial charge in [-0.25, -0.2) is 0 Å². The lowest BCUT2D eigenvalue weighted by molar-refractivity contribution is -0.117. The van der Waals surface area contributed by atoms with Crippen molar-refractivity contribution >= 4 is 35.0 Å². The number of carbonyl (C=O) groups is 3. The second kappa shape index (κ2) is 7.80. The quantitative estimate of drug-likeness (QED) is 0.796. The Morgan fingerprint density at radius 2 is 1.67 bits per heavy atom. The number of amides is 3. The predicted octanol–water partition coefficient (Wildman–Crippen LogP) is 3.16. The van der Waals surface area contributed by atoms with E-state index in [1.165, 1.54) is 0 Å². The molecule has 0 saturated carbocycles. The minimum Gasteiger partial charge on any atom is -0.312 e. The molecule has 1 heterocycles. The van der Waals surface area contributed by atoms with Crippen molar-refractivity contribution in [2.75, 3.05) is 11.4 Å². The zero-order valence-electron chi connectivity index (χ0n) is 15.1. The number of hydrogen-bond donors (Lipinski definition) is 2. The lowest BCUT2D eigenvalue weighted by Gasteiger charge is -2.20. The van der Waals surface area contributed by atoms with E-state index in [2.05, 4.69) is 10.9 Å². The van der Waals surface area contributed by atoms with Gasteiger partial charge < -0.3 is 4.90 Å². The molecule has 0 unspecified atom stereocenters. The Hall–Kier alpha value is -2.86. The summed E-state index contributed by atoms with van der Waals surface area (Å²) in [4.78, 5) is 38.6. The van der Waals surface area contributed by atoms with Crippen LogP contribution in [0, 0.1) is 13.8 Å². The molecular formula is C20H20ClN3O3. The van der Waals surface area contributed by atoms with Crippen molar-refractivity contribution in [3.05, 3.63) is 63.7 Å². The number of aryl methyl sites for hydroxylation is 2. The molecule has 0 bridgehead atoms. The first-order chi connectivity index (χ1) is 12.9. The van der Waals surface area contributed by atoms with Crippen molar-refractivity contribution in [3.8, 4) is 0 Å². The van der Waals surface area contributed by atoms with Crippen LogP contribution in [0.15, 0.2) is 36.4 Å². The van der Waals surface area contributed by atoms with E-state index >= 15 is 0 Å². The minimum atomic E-state index is -0.514. The normalized spacial score (nSPS) is 13.6. The second-order valence-electron chi connectivity index (χ2n) is 6.54. The summed E-state index contributed by atoms with van der Waals surface area (Å²) in [6.45, 7) is 4.31. The van der Waals surface area contributed by atoms with Gasteiger partial charge >= 0.3 is 0 Å². The number of benzene rings is 2. The average Bonchev–Trinajstić information content (AvgIpc) is 3.05. The fraction of sp³-hybridized carbons (Fsp3) is 0.250. The first kappa shape index (κ1) is 18.9. The number of nitrogens with zero attached hydrogens (tertiary/aromatic N) is 1. The van der Waals surface area contributed by atoms with E-state index in [0.717, 1.165) is 17.5 Å². The smallest absolute Gasteiger partial charge is 0.271 e. The van der Waals surface area contributed by atoms with E-state index in [1.807, 2.05) is 26.0 Å². The molecule has 1 aliphatic rings. The highest BCUT2D eigenvalue weighted by atomic mass is 35.5. The van der Waals surface area contributed by atoms with Gasteiger partial charge in [-0.15, -0.1) is 0 Å². The molecule has 2 aromatic rings. The third kappa shape index (κ3) is 4.11. The van der Waals surface area contributed by atoms with Gasteiger partial charge in [0.05, 0.1) is 11.3 Å². The number of hydrazine groups is 1. The van der Waals surface area contributed by atoms with Crippen molar-refractivity contribution in [1.82, 2.24) is 10.9 Å². The third-order valence-corrected chi connectivity index (χ3v) is 4.72. The molecular weight excluding hydrogens is 366 g/mol. The molecule has 140 valence electrons. The Labute approximate surface area is 162 Å². The van der Waals surface area contributed by atoms with Crippen LogP contribution in [-0.2, 0) is 4.79 Å². The standard InChI is InChI=1S/C20H20ClN3O3/c1-12-5-7-15(13(2)10-12)19(26)22-23-20(27)16-8-6-14(21)11-17(16)24-9-3-4-18(24)25/h5-8,10-11H,3-4,9H2,1-2H3,(H,22,26)(H,23,27). The highest BCUT2D eigenvalue weighted by Gasteiger charge is 2.26. The van der Waals surface area contributed by atoms with Gasteiger partial charge in [0, 0.05) is 23.6 Å². The van der Waals surface area contributed by atoms with Crippen LogP contribution in [0.5, 0.6) is 0 Å². The number of rotatable bonds is 3. The zero-order chi connectivity index (χ0) is 19.6. The minimum absolute atomic E-state index is 0.0503. The van der Waals surface area contributed by atoms with Crippen LogP contribution in [-0.4, -0.2) is 24.3 Å². The Balaban J connectivity index is 1.76. The molecule has 3 rings (SSSR count). The van der Waals surface area contributed by atoms with Crippen molar-refractivity contribution in [2.45, 2.75) is 26.7 Å². The Kier molecular flexibility index (Phi) is 5.46. The van der Waals surface area contributed by atoms with E-state index in [0.29, 0.717) is 29.2 Å². The van der Waals surface area contributed by atoms with Crippen molar-refractivity contribution in [1.29, 1.82) is 0 Å². The maximum Gasteiger partial charge on any atom is 0.271 e. The Morgan fingerprint density at radius 1 is 1.00 bits per heavy atom. The van der Waals surface area contributed by atoms with Crippen LogP contribution in [0.25, 0.3) is 0 Å².